The summed E-state index contributed by atoms with van der Waals surface area (Å²) in [4.78, 5) is 9.06. The van der Waals surface area contributed by atoms with Gasteiger partial charge in [0.15, 0.2) is 9.84 Å². The van der Waals surface area contributed by atoms with Crippen LogP contribution in [0.3, 0.4) is 0 Å². The summed E-state index contributed by atoms with van der Waals surface area (Å²) in [6.45, 7) is 5.80. The monoisotopic (exact) mass is 345 g/mol. The van der Waals surface area contributed by atoms with Crippen LogP contribution >= 0.6 is 0 Å². The van der Waals surface area contributed by atoms with E-state index in [0.29, 0.717) is 22.9 Å². The summed E-state index contributed by atoms with van der Waals surface area (Å²) in [5.74, 6) is 0.690. The lowest BCUT2D eigenvalue weighted by atomic mass is 10.1. The van der Waals surface area contributed by atoms with Crippen molar-refractivity contribution in [1.82, 2.24) is 20.2 Å². The Morgan fingerprint density at radius 1 is 1.25 bits per heavy atom. The van der Waals surface area contributed by atoms with E-state index < -0.39 is 9.84 Å². The largest absolute Gasteiger partial charge is 0.367 e. The molecule has 3 rings (SSSR count). The molecule has 3 aromatic rings. The minimum absolute atomic E-state index is 0.197. The molecule has 0 aromatic carbocycles. The molecular weight excluding hydrogens is 326 g/mol. The number of fused-ring (bicyclic) bond motifs is 1. The van der Waals surface area contributed by atoms with Crippen molar-refractivity contribution in [3.63, 3.8) is 0 Å². The van der Waals surface area contributed by atoms with Gasteiger partial charge in [0, 0.05) is 24.2 Å². The van der Waals surface area contributed by atoms with Gasteiger partial charge in [-0.1, -0.05) is 0 Å². The number of H-pyrrole nitrogens is 1. The maximum atomic E-state index is 11.9. The molecule has 0 fully saturated rings. The van der Waals surface area contributed by atoms with Gasteiger partial charge in [-0.05, 0) is 39.0 Å². The first-order chi connectivity index (χ1) is 11.3. The summed E-state index contributed by atoms with van der Waals surface area (Å²) in [6.07, 6.45) is 2.88. The number of pyridine rings is 2. The Kier molecular flexibility index (Phi) is 4.00. The average molecular weight is 345 g/mol. The summed E-state index contributed by atoms with van der Waals surface area (Å²) in [5.41, 5.74) is 2.51. The molecule has 0 unspecified atom stereocenters. The first-order valence-corrected chi connectivity index (χ1v) is 9.43. The first-order valence-electron chi connectivity index (χ1n) is 7.54. The molecule has 2 N–H and O–H groups in total. The van der Waals surface area contributed by atoms with E-state index in [2.05, 4.69) is 25.5 Å². The molecule has 126 valence electrons. The minimum atomic E-state index is -3.33. The molecule has 0 aliphatic carbocycles. The highest BCUT2D eigenvalue weighted by atomic mass is 32.2. The van der Waals surface area contributed by atoms with Gasteiger partial charge in [-0.15, -0.1) is 0 Å². The minimum Gasteiger partial charge on any atom is -0.367 e. The lowest BCUT2D eigenvalue weighted by Gasteiger charge is -2.11. The van der Waals surface area contributed by atoms with Crippen molar-refractivity contribution in [3.05, 3.63) is 30.1 Å². The topological polar surface area (TPSA) is 101 Å². The Bertz CT molecular complexity index is 1010. The molecule has 0 atom stereocenters. The van der Waals surface area contributed by atoms with Gasteiger partial charge in [-0.25, -0.2) is 13.4 Å². The molecule has 8 heteroatoms. The van der Waals surface area contributed by atoms with Gasteiger partial charge in [0.1, 0.15) is 11.5 Å². The van der Waals surface area contributed by atoms with Gasteiger partial charge >= 0.3 is 0 Å². The lowest BCUT2D eigenvalue weighted by molar-refractivity contribution is 0.601. The second-order valence-corrected chi connectivity index (χ2v) is 8.07. The van der Waals surface area contributed by atoms with Crippen LogP contribution in [0.25, 0.3) is 22.3 Å². The van der Waals surface area contributed by atoms with E-state index >= 15 is 0 Å². The van der Waals surface area contributed by atoms with Crippen molar-refractivity contribution in [2.24, 2.45) is 0 Å². The van der Waals surface area contributed by atoms with E-state index in [-0.39, 0.29) is 10.9 Å². The molecule has 3 aromatic heterocycles. The quantitative estimate of drug-likeness (QED) is 0.753. The standard InChI is InChI=1S/C16H19N5O2S/c1-9(2)18-16-14-12(5-6-17-16)20-21-15(14)13-8-11(24(4,22)23)7-10(3)19-13/h5-9H,1-4H3,(H,17,18)(H,20,21). The van der Waals surface area contributed by atoms with Crippen LogP contribution in [0.4, 0.5) is 5.82 Å². The van der Waals surface area contributed by atoms with Gasteiger partial charge < -0.3 is 5.32 Å². The van der Waals surface area contributed by atoms with Crippen molar-refractivity contribution in [1.29, 1.82) is 0 Å². The highest BCUT2D eigenvalue weighted by Crippen LogP contribution is 2.31. The number of nitrogens with one attached hydrogen (secondary N) is 2. The van der Waals surface area contributed by atoms with Gasteiger partial charge in [0.05, 0.1) is 21.5 Å². The van der Waals surface area contributed by atoms with Crippen LogP contribution < -0.4 is 5.32 Å². The molecule has 0 spiro atoms. The van der Waals surface area contributed by atoms with Gasteiger partial charge in [0.25, 0.3) is 0 Å². The number of sulfone groups is 1. The predicted molar refractivity (Wildman–Crippen MR) is 93.7 cm³/mol. The molecular formula is C16H19N5O2S. The normalized spacial score (nSPS) is 12.0. The zero-order valence-electron chi connectivity index (χ0n) is 14.0. The van der Waals surface area contributed by atoms with E-state index in [0.717, 1.165) is 10.9 Å². The maximum Gasteiger partial charge on any atom is 0.175 e. The molecule has 24 heavy (non-hydrogen) atoms. The zero-order valence-corrected chi connectivity index (χ0v) is 14.8. The zero-order chi connectivity index (χ0) is 17.5. The summed E-state index contributed by atoms with van der Waals surface area (Å²) in [5, 5.41) is 11.4. The number of aromatic amines is 1. The third kappa shape index (κ3) is 3.09. The van der Waals surface area contributed by atoms with Gasteiger partial charge in [0.2, 0.25) is 0 Å². The van der Waals surface area contributed by atoms with E-state index in [4.69, 9.17) is 0 Å². The van der Waals surface area contributed by atoms with Crippen LogP contribution in [0.5, 0.6) is 0 Å². The van der Waals surface area contributed by atoms with Crippen LogP contribution in [0.2, 0.25) is 0 Å². The van der Waals surface area contributed by atoms with Crippen LogP contribution in [-0.4, -0.2) is 40.9 Å². The number of aromatic nitrogens is 4. The summed E-state index contributed by atoms with van der Waals surface area (Å²) >= 11 is 0. The fraction of sp³-hybridized carbons (Fsp3) is 0.312. The number of nitrogens with zero attached hydrogens (tertiary/aromatic N) is 3. The van der Waals surface area contributed by atoms with Gasteiger partial charge in [-0.3, -0.25) is 10.1 Å². The fourth-order valence-corrected chi connectivity index (χ4v) is 3.22. The first kappa shape index (κ1) is 16.4. The van der Waals surface area contributed by atoms with Crippen molar-refractivity contribution < 1.29 is 8.42 Å². The van der Waals surface area contributed by atoms with Crippen LogP contribution in [0, 0.1) is 6.92 Å². The van der Waals surface area contributed by atoms with E-state index in [1.165, 1.54) is 6.26 Å². The van der Waals surface area contributed by atoms with Gasteiger partial charge in [-0.2, -0.15) is 5.10 Å². The summed E-state index contributed by atoms with van der Waals surface area (Å²) < 4.78 is 23.8. The number of aryl methyl sites for hydroxylation is 1. The third-order valence-corrected chi connectivity index (χ3v) is 4.59. The molecule has 0 bridgehead atoms. The molecule has 3 heterocycles. The molecule has 0 aliphatic heterocycles. The van der Waals surface area contributed by atoms with Crippen LogP contribution in [-0.2, 0) is 9.84 Å². The Hall–Kier alpha value is -2.48. The van der Waals surface area contributed by atoms with Crippen LogP contribution in [0.1, 0.15) is 19.5 Å². The second-order valence-electron chi connectivity index (χ2n) is 6.06. The molecule has 0 radical (unpaired) electrons. The van der Waals surface area contributed by atoms with Crippen molar-refractivity contribution >= 4 is 26.6 Å². The fourth-order valence-electron chi connectivity index (χ4n) is 2.51. The number of hydrogen-bond acceptors (Lipinski definition) is 6. The van der Waals surface area contributed by atoms with E-state index in [9.17, 15) is 8.42 Å². The SMILES string of the molecule is Cc1cc(S(C)(=O)=O)cc(-c2n[nH]c3ccnc(NC(C)C)c23)n1. The third-order valence-electron chi connectivity index (χ3n) is 3.50. The Morgan fingerprint density at radius 2 is 2.00 bits per heavy atom. The smallest absolute Gasteiger partial charge is 0.175 e. The Labute approximate surface area is 140 Å². The lowest BCUT2D eigenvalue weighted by Crippen LogP contribution is -2.11. The molecule has 0 saturated carbocycles. The molecule has 0 amide bonds. The highest BCUT2D eigenvalue weighted by Gasteiger charge is 2.18. The average Bonchev–Trinajstić information content (AvgIpc) is 2.90. The van der Waals surface area contributed by atoms with Crippen molar-refractivity contribution in [2.75, 3.05) is 11.6 Å². The van der Waals surface area contributed by atoms with Crippen molar-refractivity contribution in [2.45, 2.75) is 31.7 Å². The number of anilines is 1. The summed E-state index contributed by atoms with van der Waals surface area (Å²) in [6, 6.07) is 5.12. The van der Waals surface area contributed by atoms with Crippen LogP contribution in [0.15, 0.2) is 29.3 Å². The highest BCUT2D eigenvalue weighted by molar-refractivity contribution is 7.90. The van der Waals surface area contributed by atoms with Crippen molar-refractivity contribution in [3.8, 4) is 11.4 Å². The Balaban J connectivity index is 2.26. The van der Waals surface area contributed by atoms with E-state index in [1.54, 1.807) is 25.3 Å². The summed E-state index contributed by atoms with van der Waals surface area (Å²) in [7, 11) is -3.33. The number of hydrogen-bond donors (Lipinski definition) is 2. The number of rotatable bonds is 4. The second kappa shape index (κ2) is 5.86. The Morgan fingerprint density at radius 3 is 2.67 bits per heavy atom. The van der Waals surface area contributed by atoms with E-state index in [1.807, 2.05) is 19.9 Å². The molecule has 0 saturated heterocycles. The molecule has 7 nitrogen and oxygen atoms in total. The predicted octanol–water partition coefficient (Wildman–Crippen LogP) is 2.55. The molecule has 0 aliphatic rings. The maximum absolute atomic E-state index is 11.9.